The van der Waals surface area contributed by atoms with E-state index >= 15 is 0 Å². The second-order valence-corrected chi connectivity index (χ2v) is 8.78. The molecule has 4 rings (SSSR count). The summed E-state index contributed by atoms with van der Waals surface area (Å²) in [5, 5.41) is 14.1. The minimum Gasteiger partial charge on any atom is -0.495 e. The van der Waals surface area contributed by atoms with Crippen LogP contribution in [0.4, 0.5) is 5.69 Å². The Bertz CT molecular complexity index is 1240. The molecule has 170 valence electrons. The zero-order chi connectivity index (χ0) is 23.5. The highest BCUT2D eigenvalue weighted by molar-refractivity contribution is 6.32. The van der Waals surface area contributed by atoms with Crippen LogP contribution in [0.2, 0.25) is 5.02 Å². The lowest BCUT2D eigenvalue weighted by Crippen LogP contribution is -2.34. The molecule has 0 saturated carbocycles. The third-order valence-electron chi connectivity index (χ3n) is 6.09. The topological polar surface area (TPSA) is 81.5 Å². The Hall–Kier alpha value is -3.34. The number of hydrogen-bond acceptors (Lipinski definition) is 6. The van der Waals surface area contributed by atoms with Crippen LogP contribution in [0.5, 0.6) is 5.75 Å². The van der Waals surface area contributed by atoms with E-state index in [1.165, 1.54) is 0 Å². The first kappa shape index (κ1) is 22.8. The number of anilines is 1. The quantitative estimate of drug-likeness (QED) is 0.591. The normalized spacial score (nSPS) is 15.6. The number of likely N-dealkylation sites (tertiary alicyclic amines) is 1. The molecule has 1 unspecified atom stereocenters. The van der Waals surface area contributed by atoms with Crippen molar-refractivity contribution in [1.82, 2.24) is 14.8 Å². The van der Waals surface area contributed by atoms with E-state index in [0.717, 1.165) is 17.4 Å². The molecule has 1 fully saturated rings. The fraction of sp³-hybridized carbons (Fsp3) is 0.320. The maximum Gasteiger partial charge on any atom is 0.257 e. The summed E-state index contributed by atoms with van der Waals surface area (Å²) >= 11 is 6.29. The number of methoxy groups -OCH3 is 1. The van der Waals surface area contributed by atoms with Crippen molar-refractivity contribution in [2.45, 2.75) is 19.0 Å². The maximum atomic E-state index is 13.5. The Morgan fingerprint density at radius 2 is 2.15 bits per heavy atom. The van der Waals surface area contributed by atoms with Crippen LogP contribution in [0.3, 0.4) is 0 Å². The number of pyridine rings is 1. The molecule has 2 heterocycles. The van der Waals surface area contributed by atoms with Crippen LogP contribution in [0.25, 0.3) is 10.9 Å². The number of rotatable bonds is 6. The highest BCUT2D eigenvalue weighted by atomic mass is 35.5. The minimum atomic E-state index is -0.0635. The van der Waals surface area contributed by atoms with Gasteiger partial charge < -0.3 is 19.9 Å². The van der Waals surface area contributed by atoms with Crippen LogP contribution < -0.4 is 10.1 Å². The summed E-state index contributed by atoms with van der Waals surface area (Å²) in [6.07, 6.45) is 2.56. The fourth-order valence-corrected chi connectivity index (χ4v) is 4.42. The van der Waals surface area contributed by atoms with Crippen molar-refractivity contribution in [2.24, 2.45) is 0 Å². The van der Waals surface area contributed by atoms with E-state index < -0.39 is 0 Å². The zero-order valence-corrected chi connectivity index (χ0v) is 19.7. The lowest BCUT2D eigenvalue weighted by Gasteiger charge is -2.22. The standard InChI is InChI=1S/C25H26ClN5O2/c1-30(2)18-8-9-31(15-18)25(32)20-14-28-22-6-4-16(12-27)10-19(22)24(20)29-13-17-5-7-23(33-3)21(26)11-17/h4-7,10-11,14,18H,8-9,13,15H2,1-3H3,(H,28,29). The molecule has 1 aromatic heterocycles. The lowest BCUT2D eigenvalue weighted by atomic mass is 10.1. The number of hydrogen-bond donors (Lipinski definition) is 1. The van der Waals surface area contributed by atoms with E-state index in [4.69, 9.17) is 16.3 Å². The van der Waals surface area contributed by atoms with Crippen LogP contribution in [-0.4, -0.2) is 61.0 Å². The highest BCUT2D eigenvalue weighted by Gasteiger charge is 2.30. The van der Waals surface area contributed by atoms with Gasteiger partial charge in [-0.25, -0.2) is 0 Å². The fourth-order valence-electron chi connectivity index (χ4n) is 4.14. The largest absolute Gasteiger partial charge is 0.495 e. The Kier molecular flexibility index (Phi) is 6.68. The monoisotopic (exact) mass is 463 g/mol. The number of nitrogens with zero attached hydrogens (tertiary/aromatic N) is 4. The number of fused-ring (bicyclic) bond motifs is 1. The Morgan fingerprint density at radius 3 is 2.82 bits per heavy atom. The van der Waals surface area contributed by atoms with E-state index in [1.807, 2.05) is 37.2 Å². The number of amides is 1. The van der Waals surface area contributed by atoms with Crippen LogP contribution in [-0.2, 0) is 6.54 Å². The molecular weight excluding hydrogens is 438 g/mol. The predicted octanol–water partition coefficient (Wildman–Crippen LogP) is 4.16. The third kappa shape index (κ3) is 4.72. The number of nitriles is 1. The smallest absolute Gasteiger partial charge is 0.257 e. The summed E-state index contributed by atoms with van der Waals surface area (Å²) in [5.41, 5.74) is 3.33. The van der Waals surface area contributed by atoms with Gasteiger partial charge in [0.05, 0.1) is 40.5 Å². The minimum absolute atomic E-state index is 0.0635. The number of aromatic nitrogens is 1. The molecular formula is C25H26ClN5O2. The molecule has 3 aromatic rings. The van der Waals surface area contributed by atoms with Crippen LogP contribution >= 0.6 is 11.6 Å². The van der Waals surface area contributed by atoms with Gasteiger partial charge >= 0.3 is 0 Å². The second kappa shape index (κ2) is 9.65. The van der Waals surface area contributed by atoms with Crippen molar-refractivity contribution < 1.29 is 9.53 Å². The van der Waals surface area contributed by atoms with E-state index in [0.29, 0.717) is 58.8 Å². The molecule has 1 atom stereocenters. The van der Waals surface area contributed by atoms with Crippen molar-refractivity contribution in [2.75, 3.05) is 39.6 Å². The van der Waals surface area contributed by atoms with Gasteiger partial charge in [-0.05, 0) is 56.4 Å². The maximum absolute atomic E-state index is 13.5. The average molecular weight is 464 g/mol. The SMILES string of the molecule is COc1ccc(CNc2c(C(=O)N3CCC(N(C)C)C3)cnc3ccc(C#N)cc23)cc1Cl. The van der Waals surface area contributed by atoms with Gasteiger partial charge in [0.2, 0.25) is 0 Å². The van der Waals surface area contributed by atoms with Crippen molar-refractivity contribution in [3.05, 3.63) is 64.3 Å². The third-order valence-corrected chi connectivity index (χ3v) is 6.39. The Labute approximate surface area is 198 Å². The van der Waals surface area contributed by atoms with Crippen molar-refractivity contribution in [3.8, 4) is 11.8 Å². The van der Waals surface area contributed by atoms with Gasteiger partial charge in [-0.1, -0.05) is 17.7 Å². The molecule has 8 heteroatoms. The first-order valence-electron chi connectivity index (χ1n) is 10.8. The number of carbonyl (C=O) groups is 1. The summed E-state index contributed by atoms with van der Waals surface area (Å²) in [6.45, 7) is 1.82. The lowest BCUT2D eigenvalue weighted by molar-refractivity contribution is 0.0783. The molecule has 0 spiro atoms. The second-order valence-electron chi connectivity index (χ2n) is 8.37. The molecule has 1 aliphatic heterocycles. The zero-order valence-electron chi connectivity index (χ0n) is 18.9. The van der Waals surface area contributed by atoms with Gasteiger partial charge in [0.1, 0.15) is 5.75 Å². The predicted molar refractivity (Wildman–Crippen MR) is 130 cm³/mol. The van der Waals surface area contributed by atoms with E-state index in [2.05, 4.69) is 21.3 Å². The van der Waals surface area contributed by atoms with Crippen molar-refractivity contribution in [3.63, 3.8) is 0 Å². The Balaban J connectivity index is 1.71. The summed E-state index contributed by atoms with van der Waals surface area (Å²) in [7, 11) is 5.64. The number of likely N-dealkylation sites (N-methyl/N-ethyl adjacent to an activating group) is 1. The summed E-state index contributed by atoms with van der Waals surface area (Å²) in [4.78, 5) is 22.0. The van der Waals surface area contributed by atoms with Crippen LogP contribution in [0.15, 0.2) is 42.6 Å². The van der Waals surface area contributed by atoms with E-state index in [9.17, 15) is 10.1 Å². The van der Waals surface area contributed by atoms with Crippen LogP contribution in [0.1, 0.15) is 27.9 Å². The molecule has 1 amide bonds. The first-order chi connectivity index (χ1) is 15.9. The van der Waals surface area contributed by atoms with Gasteiger partial charge in [-0.3, -0.25) is 9.78 Å². The molecule has 33 heavy (non-hydrogen) atoms. The van der Waals surface area contributed by atoms with Crippen LogP contribution in [0, 0.1) is 11.3 Å². The van der Waals surface area contributed by atoms with Gasteiger partial charge in [0.15, 0.2) is 0 Å². The molecule has 1 saturated heterocycles. The van der Waals surface area contributed by atoms with Crippen molar-refractivity contribution >= 4 is 34.1 Å². The summed E-state index contributed by atoms with van der Waals surface area (Å²) in [5.74, 6) is 0.542. The van der Waals surface area contributed by atoms with Gasteiger partial charge in [0, 0.05) is 37.3 Å². The van der Waals surface area contributed by atoms with E-state index in [1.54, 1.807) is 31.5 Å². The highest BCUT2D eigenvalue weighted by Crippen LogP contribution is 2.31. The summed E-state index contributed by atoms with van der Waals surface area (Å²) < 4.78 is 5.23. The summed E-state index contributed by atoms with van der Waals surface area (Å²) in [6, 6.07) is 13.4. The van der Waals surface area contributed by atoms with Gasteiger partial charge in [-0.15, -0.1) is 0 Å². The molecule has 0 aliphatic carbocycles. The Morgan fingerprint density at radius 1 is 1.33 bits per heavy atom. The average Bonchev–Trinajstić information content (AvgIpc) is 3.32. The number of carbonyl (C=O) groups excluding carboxylic acids is 1. The molecule has 0 radical (unpaired) electrons. The first-order valence-corrected chi connectivity index (χ1v) is 11.1. The van der Waals surface area contributed by atoms with Gasteiger partial charge in [0.25, 0.3) is 5.91 Å². The number of nitrogens with one attached hydrogen (secondary N) is 1. The number of halogens is 1. The van der Waals surface area contributed by atoms with Gasteiger partial charge in [-0.2, -0.15) is 5.26 Å². The molecule has 7 nitrogen and oxygen atoms in total. The number of ether oxygens (including phenoxy) is 1. The number of benzene rings is 2. The molecule has 1 aliphatic rings. The van der Waals surface area contributed by atoms with Crippen molar-refractivity contribution in [1.29, 1.82) is 5.26 Å². The molecule has 0 bridgehead atoms. The molecule has 1 N–H and O–H groups in total. The van der Waals surface area contributed by atoms with E-state index in [-0.39, 0.29) is 5.91 Å². The molecule has 2 aromatic carbocycles.